The number of ether oxygens (including phenoxy) is 1. The maximum atomic E-state index is 6.15. The zero-order valence-corrected chi connectivity index (χ0v) is 13.5. The van der Waals surface area contributed by atoms with Crippen LogP contribution in [-0.4, -0.2) is 22.6 Å². The van der Waals surface area contributed by atoms with Crippen molar-refractivity contribution in [1.82, 2.24) is 9.97 Å². The highest BCUT2D eigenvalue weighted by atomic mass is 35.5. The zero-order chi connectivity index (χ0) is 14.7. The maximum Gasteiger partial charge on any atom is 0.158 e. The third-order valence-corrected chi connectivity index (χ3v) is 4.41. The van der Waals surface area contributed by atoms with Crippen LogP contribution in [0.1, 0.15) is 30.5 Å². The van der Waals surface area contributed by atoms with E-state index in [1.807, 2.05) is 13.0 Å². The maximum absolute atomic E-state index is 6.15. The molecule has 1 saturated carbocycles. The highest BCUT2D eigenvalue weighted by Crippen LogP contribution is 2.33. The minimum absolute atomic E-state index is 0.404. The van der Waals surface area contributed by atoms with Crippen molar-refractivity contribution in [3.63, 3.8) is 0 Å². The van der Waals surface area contributed by atoms with Crippen LogP contribution in [0.15, 0.2) is 23.6 Å². The van der Waals surface area contributed by atoms with Crippen molar-refractivity contribution in [3.05, 3.63) is 39.4 Å². The lowest BCUT2D eigenvalue weighted by atomic mass is 10.3. The van der Waals surface area contributed by atoms with Crippen molar-refractivity contribution in [3.8, 4) is 0 Å². The van der Waals surface area contributed by atoms with Crippen LogP contribution in [0.25, 0.3) is 0 Å². The van der Waals surface area contributed by atoms with Crippen LogP contribution in [0.4, 0.5) is 5.82 Å². The molecule has 0 unspecified atom stereocenters. The minimum atomic E-state index is 0.404. The third-order valence-electron chi connectivity index (χ3n) is 3.35. The molecule has 2 aromatic rings. The van der Waals surface area contributed by atoms with Gasteiger partial charge in [-0.2, -0.15) is 0 Å². The van der Waals surface area contributed by atoms with E-state index in [-0.39, 0.29) is 0 Å². The SMILES string of the molecule is CCOCc1nc(Cl)cc(N(Cc2cccs2)C2CC2)n1. The van der Waals surface area contributed by atoms with Crippen molar-refractivity contribution < 1.29 is 4.74 Å². The lowest BCUT2D eigenvalue weighted by molar-refractivity contribution is 0.128. The second-order valence-corrected chi connectivity index (χ2v) is 6.46. The minimum Gasteiger partial charge on any atom is -0.374 e. The Morgan fingerprint density at radius 2 is 2.29 bits per heavy atom. The summed E-state index contributed by atoms with van der Waals surface area (Å²) in [5, 5.41) is 2.58. The molecule has 3 rings (SSSR count). The van der Waals surface area contributed by atoms with E-state index in [2.05, 4.69) is 32.4 Å². The molecule has 2 heterocycles. The van der Waals surface area contributed by atoms with Gasteiger partial charge in [0.2, 0.25) is 0 Å². The fourth-order valence-electron chi connectivity index (χ4n) is 2.21. The average molecular weight is 324 g/mol. The normalized spacial score (nSPS) is 14.4. The van der Waals surface area contributed by atoms with E-state index in [1.165, 1.54) is 17.7 Å². The third kappa shape index (κ3) is 3.93. The van der Waals surface area contributed by atoms with Gasteiger partial charge in [0.1, 0.15) is 17.6 Å². The van der Waals surface area contributed by atoms with Gasteiger partial charge in [0.05, 0.1) is 6.54 Å². The van der Waals surface area contributed by atoms with E-state index >= 15 is 0 Å². The molecule has 1 aliphatic rings. The summed E-state index contributed by atoms with van der Waals surface area (Å²) < 4.78 is 5.39. The van der Waals surface area contributed by atoms with Crippen molar-refractivity contribution in [2.45, 2.75) is 39.0 Å². The molecular weight excluding hydrogens is 306 g/mol. The molecule has 21 heavy (non-hydrogen) atoms. The van der Waals surface area contributed by atoms with Crippen LogP contribution in [0.5, 0.6) is 0 Å². The van der Waals surface area contributed by atoms with E-state index in [0.717, 1.165) is 12.4 Å². The summed E-state index contributed by atoms with van der Waals surface area (Å²) in [6.45, 7) is 3.89. The van der Waals surface area contributed by atoms with Crippen molar-refractivity contribution >= 4 is 28.8 Å². The largest absolute Gasteiger partial charge is 0.374 e. The molecule has 0 amide bonds. The Hall–Kier alpha value is -1.17. The highest BCUT2D eigenvalue weighted by molar-refractivity contribution is 7.09. The van der Waals surface area contributed by atoms with E-state index in [9.17, 15) is 0 Å². The summed E-state index contributed by atoms with van der Waals surface area (Å²) in [6, 6.07) is 6.66. The van der Waals surface area contributed by atoms with E-state index in [4.69, 9.17) is 16.3 Å². The Labute approximate surface area is 133 Å². The van der Waals surface area contributed by atoms with Crippen LogP contribution in [0.2, 0.25) is 5.15 Å². The average Bonchev–Trinajstić information content (AvgIpc) is 3.18. The first-order chi connectivity index (χ1) is 10.3. The number of aromatic nitrogens is 2. The Balaban J connectivity index is 1.82. The van der Waals surface area contributed by atoms with Gasteiger partial charge in [0.25, 0.3) is 0 Å². The summed E-state index contributed by atoms with van der Waals surface area (Å²) in [6.07, 6.45) is 2.43. The number of hydrogen-bond donors (Lipinski definition) is 0. The Morgan fingerprint density at radius 3 is 2.95 bits per heavy atom. The fraction of sp³-hybridized carbons (Fsp3) is 0.467. The van der Waals surface area contributed by atoms with Gasteiger partial charge >= 0.3 is 0 Å². The first kappa shape index (κ1) is 14.8. The number of rotatable bonds is 7. The molecule has 6 heteroatoms. The van der Waals surface area contributed by atoms with Crippen LogP contribution in [0.3, 0.4) is 0 Å². The molecule has 112 valence electrons. The first-order valence-electron chi connectivity index (χ1n) is 7.16. The molecule has 0 atom stereocenters. The monoisotopic (exact) mass is 323 g/mol. The van der Waals surface area contributed by atoms with Crippen LogP contribution in [0, 0.1) is 0 Å². The molecule has 2 aromatic heterocycles. The molecule has 1 fully saturated rings. The fourth-order valence-corrected chi connectivity index (χ4v) is 3.11. The number of nitrogens with zero attached hydrogens (tertiary/aromatic N) is 3. The number of halogens is 1. The quantitative estimate of drug-likeness (QED) is 0.724. The van der Waals surface area contributed by atoms with Gasteiger partial charge in [0, 0.05) is 23.6 Å². The smallest absolute Gasteiger partial charge is 0.158 e. The van der Waals surface area contributed by atoms with Crippen LogP contribution >= 0.6 is 22.9 Å². The molecule has 1 aliphatic carbocycles. The van der Waals surface area contributed by atoms with E-state index in [1.54, 1.807) is 11.3 Å². The predicted molar refractivity (Wildman–Crippen MR) is 85.9 cm³/mol. The second-order valence-electron chi connectivity index (χ2n) is 5.04. The Kier molecular flexibility index (Phi) is 4.73. The summed E-state index contributed by atoms with van der Waals surface area (Å²) in [4.78, 5) is 12.5. The van der Waals surface area contributed by atoms with Crippen molar-refractivity contribution in [2.75, 3.05) is 11.5 Å². The Bertz CT molecular complexity index is 587. The number of thiophene rings is 1. The molecule has 0 spiro atoms. The van der Waals surface area contributed by atoms with Gasteiger partial charge in [0.15, 0.2) is 5.82 Å². The summed E-state index contributed by atoms with van der Waals surface area (Å²) >= 11 is 7.92. The van der Waals surface area contributed by atoms with Gasteiger partial charge in [-0.15, -0.1) is 11.3 Å². The van der Waals surface area contributed by atoms with E-state index < -0.39 is 0 Å². The summed E-state index contributed by atoms with van der Waals surface area (Å²) in [5.41, 5.74) is 0. The Morgan fingerprint density at radius 1 is 1.43 bits per heavy atom. The van der Waals surface area contributed by atoms with Gasteiger partial charge in [-0.05, 0) is 31.2 Å². The lowest BCUT2D eigenvalue weighted by Crippen LogP contribution is -2.26. The first-order valence-corrected chi connectivity index (χ1v) is 8.42. The molecule has 0 N–H and O–H groups in total. The standard InChI is InChI=1S/C15H18ClN3OS/c1-2-20-10-14-17-13(16)8-15(18-14)19(11-5-6-11)9-12-4-3-7-21-12/h3-4,7-8,11H,2,5-6,9-10H2,1H3. The van der Waals surface area contributed by atoms with Gasteiger partial charge in [-0.25, -0.2) is 9.97 Å². The predicted octanol–water partition coefficient (Wildman–Crippen LogP) is 3.90. The molecule has 0 bridgehead atoms. The molecule has 0 aliphatic heterocycles. The lowest BCUT2D eigenvalue weighted by Gasteiger charge is -2.23. The molecule has 0 radical (unpaired) electrons. The highest BCUT2D eigenvalue weighted by Gasteiger charge is 2.30. The topological polar surface area (TPSA) is 38.2 Å². The van der Waals surface area contributed by atoms with Crippen molar-refractivity contribution in [2.24, 2.45) is 0 Å². The summed E-state index contributed by atoms with van der Waals surface area (Å²) in [5.74, 6) is 1.55. The molecule has 0 saturated heterocycles. The van der Waals surface area contributed by atoms with Gasteiger partial charge in [-0.3, -0.25) is 0 Å². The number of anilines is 1. The molecular formula is C15H18ClN3OS. The van der Waals surface area contributed by atoms with Gasteiger partial charge < -0.3 is 9.64 Å². The second kappa shape index (κ2) is 6.73. The van der Waals surface area contributed by atoms with Crippen LogP contribution in [-0.2, 0) is 17.9 Å². The number of hydrogen-bond acceptors (Lipinski definition) is 5. The van der Waals surface area contributed by atoms with Crippen molar-refractivity contribution in [1.29, 1.82) is 0 Å². The van der Waals surface area contributed by atoms with Crippen LogP contribution < -0.4 is 4.90 Å². The zero-order valence-electron chi connectivity index (χ0n) is 12.0. The van der Waals surface area contributed by atoms with E-state index in [0.29, 0.717) is 30.2 Å². The van der Waals surface area contributed by atoms with Gasteiger partial charge in [-0.1, -0.05) is 17.7 Å². The molecule has 4 nitrogen and oxygen atoms in total. The molecule has 0 aromatic carbocycles. The summed E-state index contributed by atoms with van der Waals surface area (Å²) in [7, 11) is 0.